The highest BCUT2D eigenvalue weighted by Gasteiger charge is 2.33. The highest BCUT2D eigenvalue weighted by molar-refractivity contribution is 6.25. The third-order valence-corrected chi connectivity index (χ3v) is 3.52. The fourth-order valence-corrected chi connectivity index (χ4v) is 2.49. The molecule has 0 radical (unpaired) electrons. The zero-order valence-corrected chi connectivity index (χ0v) is 12.1. The summed E-state index contributed by atoms with van der Waals surface area (Å²) in [6.45, 7) is 1.99. The number of nitrogens with one attached hydrogen (secondary N) is 1. The summed E-state index contributed by atoms with van der Waals surface area (Å²) in [7, 11) is 0. The Labute approximate surface area is 124 Å². The van der Waals surface area contributed by atoms with E-state index in [2.05, 4.69) is 11.2 Å². The van der Waals surface area contributed by atoms with Crippen molar-refractivity contribution in [2.24, 2.45) is 0 Å². The van der Waals surface area contributed by atoms with E-state index in [1.165, 1.54) is 11.8 Å². The largest absolute Gasteiger partial charge is 0.351 e. The molecule has 0 bridgehead atoms. The smallest absolute Gasteiger partial charge is 0.243 e. The van der Waals surface area contributed by atoms with E-state index < -0.39 is 17.9 Å². The van der Waals surface area contributed by atoms with Gasteiger partial charge in [0.05, 0.1) is 0 Å². The van der Waals surface area contributed by atoms with Crippen LogP contribution in [0, 0.1) is 12.3 Å². The standard InChI is InChI=1S/C15H20N2O4/c1-3-4-6-12(9-13(20)10-18)16-15(21)14-7-5-8-17(14)11(2)19/h1,10,12,14H,4-9H2,2H3,(H,16,21). The molecular formula is C15H20N2O4. The Bertz CT molecular complexity index is 467. The van der Waals surface area contributed by atoms with Crippen LogP contribution in [0.5, 0.6) is 0 Å². The lowest BCUT2D eigenvalue weighted by molar-refractivity contribution is -0.137. The van der Waals surface area contributed by atoms with E-state index in [1.54, 1.807) is 0 Å². The highest BCUT2D eigenvalue weighted by atomic mass is 16.2. The first-order chi connectivity index (χ1) is 9.99. The molecule has 1 aliphatic heterocycles. The Morgan fingerprint density at radius 2 is 2.19 bits per heavy atom. The van der Waals surface area contributed by atoms with Crippen LogP contribution in [0.25, 0.3) is 0 Å². The minimum absolute atomic E-state index is 0.0658. The summed E-state index contributed by atoms with van der Waals surface area (Å²) in [5.41, 5.74) is 0. The number of terminal acetylenes is 1. The van der Waals surface area contributed by atoms with E-state index in [0.29, 0.717) is 25.8 Å². The van der Waals surface area contributed by atoms with Crippen LogP contribution < -0.4 is 5.32 Å². The van der Waals surface area contributed by atoms with Crippen LogP contribution in [0.2, 0.25) is 0 Å². The lowest BCUT2D eigenvalue weighted by Crippen LogP contribution is -2.48. The number of rotatable bonds is 7. The molecule has 6 heteroatoms. The van der Waals surface area contributed by atoms with Crippen molar-refractivity contribution < 1.29 is 19.2 Å². The molecule has 1 heterocycles. The van der Waals surface area contributed by atoms with Crippen LogP contribution in [-0.2, 0) is 19.2 Å². The Hall–Kier alpha value is -2.16. The van der Waals surface area contributed by atoms with E-state index in [9.17, 15) is 19.2 Å². The molecule has 114 valence electrons. The van der Waals surface area contributed by atoms with Crippen LogP contribution >= 0.6 is 0 Å². The van der Waals surface area contributed by atoms with Crippen LogP contribution in [0.15, 0.2) is 0 Å². The van der Waals surface area contributed by atoms with Crippen LogP contribution in [0.4, 0.5) is 0 Å². The number of carbonyl (C=O) groups excluding carboxylic acids is 4. The second-order valence-corrected chi connectivity index (χ2v) is 5.11. The first kappa shape index (κ1) is 16.9. The van der Waals surface area contributed by atoms with Gasteiger partial charge in [-0.2, -0.15) is 0 Å². The summed E-state index contributed by atoms with van der Waals surface area (Å²) in [6.07, 6.45) is 7.57. The topological polar surface area (TPSA) is 83.6 Å². The van der Waals surface area contributed by atoms with Crippen molar-refractivity contribution in [2.75, 3.05) is 6.54 Å². The van der Waals surface area contributed by atoms with Crippen LogP contribution in [-0.4, -0.2) is 47.4 Å². The van der Waals surface area contributed by atoms with Crippen molar-refractivity contribution in [1.82, 2.24) is 10.2 Å². The number of aldehydes is 1. The molecule has 2 atom stereocenters. The SMILES string of the molecule is C#CCCC(CC(=O)C=O)NC(=O)C1CCCN1C(C)=O. The third-order valence-electron chi connectivity index (χ3n) is 3.52. The third kappa shape index (κ3) is 5.03. The summed E-state index contributed by atoms with van der Waals surface area (Å²) in [5, 5.41) is 2.74. The monoisotopic (exact) mass is 292 g/mol. The fourth-order valence-electron chi connectivity index (χ4n) is 2.49. The molecule has 21 heavy (non-hydrogen) atoms. The number of hydrogen-bond donors (Lipinski definition) is 1. The van der Waals surface area contributed by atoms with Crippen molar-refractivity contribution >= 4 is 23.9 Å². The molecule has 0 spiro atoms. The minimum atomic E-state index is -0.577. The van der Waals surface area contributed by atoms with Gasteiger partial charge in [-0.15, -0.1) is 12.3 Å². The van der Waals surface area contributed by atoms with E-state index in [4.69, 9.17) is 6.42 Å². The molecule has 0 aromatic heterocycles. The second-order valence-electron chi connectivity index (χ2n) is 5.11. The highest BCUT2D eigenvalue weighted by Crippen LogP contribution is 2.18. The molecule has 1 aliphatic rings. The van der Waals surface area contributed by atoms with Gasteiger partial charge >= 0.3 is 0 Å². The van der Waals surface area contributed by atoms with Gasteiger partial charge < -0.3 is 10.2 Å². The molecule has 1 saturated heterocycles. The summed E-state index contributed by atoms with van der Waals surface area (Å²) in [4.78, 5) is 46.9. The molecule has 1 rings (SSSR count). The first-order valence-electron chi connectivity index (χ1n) is 6.98. The molecule has 6 nitrogen and oxygen atoms in total. The number of ketones is 1. The molecule has 1 N–H and O–H groups in total. The molecule has 0 aromatic rings. The van der Waals surface area contributed by atoms with Gasteiger partial charge in [0.15, 0.2) is 12.1 Å². The van der Waals surface area contributed by atoms with Gasteiger partial charge in [-0.1, -0.05) is 0 Å². The molecular weight excluding hydrogens is 272 g/mol. The maximum absolute atomic E-state index is 12.2. The number of amides is 2. The minimum Gasteiger partial charge on any atom is -0.351 e. The van der Waals surface area contributed by atoms with Crippen LogP contribution in [0.3, 0.4) is 0 Å². The van der Waals surface area contributed by atoms with Crippen molar-refractivity contribution in [1.29, 1.82) is 0 Å². The zero-order valence-electron chi connectivity index (χ0n) is 12.1. The van der Waals surface area contributed by atoms with Gasteiger partial charge in [-0.3, -0.25) is 19.2 Å². The lowest BCUT2D eigenvalue weighted by atomic mass is 10.0. The first-order valence-corrected chi connectivity index (χ1v) is 6.98. The zero-order chi connectivity index (χ0) is 15.8. The van der Waals surface area contributed by atoms with Gasteiger partial charge in [-0.05, 0) is 19.3 Å². The molecule has 2 amide bonds. The fraction of sp³-hybridized carbons (Fsp3) is 0.600. The summed E-state index contributed by atoms with van der Waals surface area (Å²) in [6, 6.07) is -0.970. The molecule has 0 aliphatic carbocycles. The summed E-state index contributed by atoms with van der Waals surface area (Å²) >= 11 is 0. The maximum atomic E-state index is 12.2. The quantitative estimate of drug-likeness (QED) is 0.408. The Balaban J connectivity index is 2.66. The number of carbonyl (C=O) groups is 4. The Morgan fingerprint density at radius 1 is 1.48 bits per heavy atom. The van der Waals surface area contributed by atoms with Crippen molar-refractivity contribution in [2.45, 2.75) is 51.1 Å². The van der Waals surface area contributed by atoms with E-state index in [0.717, 1.165) is 6.42 Å². The number of Topliss-reactive ketones (excluding diaryl/α,β-unsaturated/α-hetero) is 1. The predicted molar refractivity (Wildman–Crippen MR) is 76.1 cm³/mol. The Morgan fingerprint density at radius 3 is 2.76 bits per heavy atom. The van der Waals surface area contributed by atoms with E-state index in [1.807, 2.05) is 0 Å². The number of likely N-dealkylation sites (tertiary alicyclic amines) is 1. The normalized spacial score (nSPS) is 18.7. The maximum Gasteiger partial charge on any atom is 0.243 e. The second kappa shape index (κ2) is 8.20. The van der Waals surface area contributed by atoms with Gasteiger partial charge in [0.25, 0.3) is 0 Å². The van der Waals surface area contributed by atoms with E-state index in [-0.39, 0.29) is 24.5 Å². The molecule has 0 aromatic carbocycles. The van der Waals surface area contributed by atoms with Gasteiger partial charge in [0, 0.05) is 32.4 Å². The van der Waals surface area contributed by atoms with Gasteiger partial charge in [0.2, 0.25) is 11.8 Å². The number of nitrogens with zero attached hydrogens (tertiary/aromatic N) is 1. The van der Waals surface area contributed by atoms with Gasteiger partial charge in [0.1, 0.15) is 6.04 Å². The average molecular weight is 292 g/mol. The van der Waals surface area contributed by atoms with Crippen molar-refractivity contribution in [3.8, 4) is 12.3 Å². The van der Waals surface area contributed by atoms with E-state index >= 15 is 0 Å². The predicted octanol–water partition coefficient (Wildman–Crippen LogP) is 0.0536. The number of hydrogen-bond acceptors (Lipinski definition) is 4. The molecule has 0 saturated carbocycles. The van der Waals surface area contributed by atoms with Crippen molar-refractivity contribution in [3.63, 3.8) is 0 Å². The van der Waals surface area contributed by atoms with Crippen molar-refractivity contribution in [3.05, 3.63) is 0 Å². The van der Waals surface area contributed by atoms with Gasteiger partial charge in [-0.25, -0.2) is 0 Å². The summed E-state index contributed by atoms with van der Waals surface area (Å²) in [5.74, 6) is 1.44. The molecule has 1 fully saturated rings. The summed E-state index contributed by atoms with van der Waals surface area (Å²) < 4.78 is 0. The Kier molecular flexibility index (Phi) is 6.60. The lowest BCUT2D eigenvalue weighted by Gasteiger charge is -2.25. The molecule has 2 unspecified atom stereocenters. The van der Waals surface area contributed by atoms with Crippen LogP contribution in [0.1, 0.15) is 39.0 Å². The average Bonchev–Trinajstić information content (AvgIpc) is 2.94.